The van der Waals surface area contributed by atoms with E-state index in [1.54, 1.807) is 0 Å². The van der Waals surface area contributed by atoms with Crippen LogP contribution in [-0.2, 0) is 12.8 Å². The Labute approximate surface area is 167 Å². The summed E-state index contributed by atoms with van der Waals surface area (Å²) in [6.45, 7) is 2.72. The molecule has 5 nitrogen and oxygen atoms in total. The molecule has 1 aromatic heterocycles. The molecule has 146 valence electrons. The SMILES string of the molecule is Cc1ccc(-n2nc(C(=O)NC3CCCC3CN)c3c2CCCC3)cc1.Cl. The Morgan fingerprint density at radius 3 is 2.67 bits per heavy atom. The summed E-state index contributed by atoms with van der Waals surface area (Å²) >= 11 is 0. The highest BCUT2D eigenvalue weighted by atomic mass is 35.5. The largest absolute Gasteiger partial charge is 0.348 e. The standard InChI is InChI=1S/C21H28N4O.ClH/c1-14-9-11-16(12-10-14)25-19-8-3-2-6-17(19)20(24-25)21(26)23-18-7-4-5-15(18)13-22;/h9-12,15,18H,2-8,13,22H2,1H3,(H,23,26);1H. The van der Waals surface area contributed by atoms with E-state index in [0.29, 0.717) is 18.2 Å². The van der Waals surface area contributed by atoms with Gasteiger partial charge in [-0.1, -0.05) is 24.1 Å². The average molecular weight is 389 g/mol. The second-order valence-corrected chi connectivity index (χ2v) is 7.73. The van der Waals surface area contributed by atoms with Crippen LogP contribution in [0.4, 0.5) is 0 Å². The second kappa shape index (κ2) is 8.44. The molecular formula is C21H29ClN4O. The monoisotopic (exact) mass is 388 g/mol. The van der Waals surface area contributed by atoms with Gasteiger partial charge in [0.05, 0.1) is 5.69 Å². The number of carbonyl (C=O) groups excluding carboxylic acids is 1. The van der Waals surface area contributed by atoms with Crippen molar-refractivity contribution in [3.8, 4) is 5.69 Å². The lowest BCUT2D eigenvalue weighted by Gasteiger charge is -2.19. The molecule has 0 bridgehead atoms. The summed E-state index contributed by atoms with van der Waals surface area (Å²) in [5.74, 6) is 0.369. The van der Waals surface area contributed by atoms with E-state index in [0.717, 1.165) is 56.2 Å². The highest BCUT2D eigenvalue weighted by Gasteiger charge is 2.31. The van der Waals surface area contributed by atoms with Gasteiger partial charge < -0.3 is 11.1 Å². The number of aromatic nitrogens is 2. The number of carbonyl (C=O) groups is 1. The molecule has 27 heavy (non-hydrogen) atoms. The number of fused-ring (bicyclic) bond motifs is 1. The number of hydrogen-bond donors (Lipinski definition) is 2. The molecule has 1 aromatic carbocycles. The Kier molecular flexibility index (Phi) is 6.22. The van der Waals surface area contributed by atoms with Gasteiger partial charge in [-0.15, -0.1) is 12.4 Å². The first-order chi connectivity index (χ1) is 12.7. The first-order valence-electron chi connectivity index (χ1n) is 9.86. The molecule has 3 N–H and O–H groups in total. The van der Waals surface area contributed by atoms with Gasteiger partial charge in [0, 0.05) is 17.3 Å². The van der Waals surface area contributed by atoms with Crippen LogP contribution in [0.5, 0.6) is 0 Å². The van der Waals surface area contributed by atoms with Crippen molar-refractivity contribution in [3.63, 3.8) is 0 Å². The topological polar surface area (TPSA) is 72.9 Å². The maximum absolute atomic E-state index is 13.0. The fourth-order valence-electron chi connectivity index (χ4n) is 4.43. The Hall–Kier alpha value is -1.85. The predicted molar refractivity (Wildman–Crippen MR) is 110 cm³/mol. The van der Waals surface area contributed by atoms with E-state index in [-0.39, 0.29) is 24.4 Å². The lowest BCUT2D eigenvalue weighted by atomic mass is 9.95. The number of amides is 1. The molecule has 0 aliphatic heterocycles. The molecule has 2 aliphatic rings. The van der Waals surface area contributed by atoms with E-state index < -0.39 is 0 Å². The van der Waals surface area contributed by atoms with E-state index in [4.69, 9.17) is 10.8 Å². The molecule has 4 rings (SSSR count). The minimum absolute atomic E-state index is 0. The number of aryl methyl sites for hydroxylation is 1. The summed E-state index contributed by atoms with van der Waals surface area (Å²) in [4.78, 5) is 13.0. The number of benzene rings is 1. The number of nitrogens with zero attached hydrogens (tertiary/aromatic N) is 2. The van der Waals surface area contributed by atoms with E-state index in [2.05, 4.69) is 36.5 Å². The van der Waals surface area contributed by atoms with Crippen LogP contribution in [0, 0.1) is 12.8 Å². The molecule has 2 atom stereocenters. The van der Waals surface area contributed by atoms with Gasteiger partial charge in [-0.2, -0.15) is 5.10 Å². The van der Waals surface area contributed by atoms with E-state index in [1.165, 1.54) is 11.3 Å². The quantitative estimate of drug-likeness (QED) is 0.843. The molecule has 1 amide bonds. The van der Waals surface area contributed by atoms with Crippen LogP contribution in [0.25, 0.3) is 5.69 Å². The summed E-state index contributed by atoms with van der Waals surface area (Å²) in [6.07, 6.45) is 7.48. The molecule has 2 aliphatic carbocycles. The number of halogens is 1. The van der Waals surface area contributed by atoms with Gasteiger partial charge in [0.2, 0.25) is 0 Å². The van der Waals surface area contributed by atoms with Crippen molar-refractivity contribution >= 4 is 18.3 Å². The number of nitrogens with two attached hydrogens (primary N) is 1. The van der Waals surface area contributed by atoms with Crippen LogP contribution in [-0.4, -0.2) is 28.3 Å². The van der Waals surface area contributed by atoms with Crippen LogP contribution in [0.2, 0.25) is 0 Å². The fourth-order valence-corrected chi connectivity index (χ4v) is 4.43. The van der Waals surface area contributed by atoms with Gasteiger partial charge in [0.1, 0.15) is 0 Å². The van der Waals surface area contributed by atoms with Gasteiger partial charge in [-0.25, -0.2) is 4.68 Å². The van der Waals surface area contributed by atoms with Gasteiger partial charge in [0.25, 0.3) is 5.91 Å². The maximum Gasteiger partial charge on any atom is 0.272 e. The number of hydrogen-bond acceptors (Lipinski definition) is 3. The van der Waals surface area contributed by atoms with Crippen molar-refractivity contribution < 1.29 is 4.79 Å². The highest BCUT2D eigenvalue weighted by molar-refractivity contribution is 5.94. The molecule has 2 aromatic rings. The van der Waals surface area contributed by atoms with Gasteiger partial charge in [-0.05, 0) is 70.0 Å². The molecule has 0 radical (unpaired) electrons. The predicted octanol–water partition coefficient (Wildman–Crippen LogP) is 3.34. The summed E-state index contributed by atoms with van der Waals surface area (Å²) < 4.78 is 1.98. The molecular weight excluding hydrogens is 360 g/mol. The van der Waals surface area contributed by atoms with Crippen molar-refractivity contribution in [2.45, 2.75) is 57.9 Å². The van der Waals surface area contributed by atoms with E-state index in [1.807, 2.05) is 4.68 Å². The molecule has 6 heteroatoms. The third-order valence-corrected chi connectivity index (χ3v) is 5.95. The first kappa shape index (κ1) is 19.9. The van der Waals surface area contributed by atoms with Crippen LogP contribution >= 0.6 is 12.4 Å². The Morgan fingerprint density at radius 2 is 1.93 bits per heavy atom. The van der Waals surface area contributed by atoms with Crippen molar-refractivity contribution in [1.82, 2.24) is 15.1 Å². The van der Waals surface area contributed by atoms with Crippen molar-refractivity contribution in [2.24, 2.45) is 11.7 Å². The van der Waals surface area contributed by atoms with Crippen LogP contribution in [0.15, 0.2) is 24.3 Å². The van der Waals surface area contributed by atoms with Gasteiger partial charge in [-0.3, -0.25) is 4.79 Å². The highest BCUT2D eigenvalue weighted by Crippen LogP contribution is 2.29. The normalized spacial score (nSPS) is 21.4. The number of nitrogens with one attached hydrogen (secondary N) is 1. The molecule has 2 unspecified atom stereocenters. The third-order valence-electron chi connectivity index (χ3n) is 5.95. The summed E-state index contributed by atoms with van der Waals surface area (Å²) in [5.41, 5.74) is 11.1. The molecule has 1 heterocycles. The zero-order valence-electron chi connectivity index (χ0n) is 15.9. The minimum Gasteiger partial charge on any atom is -0.348 e. The average Bonchev–Trinajstić information content (AvgIpc) is 3.26. The fraction of sp³-hybridized carbons (Fsp3) is 0.524. The minimum atomic E-state index is -0.0284. The second-order valence-electron chi connectivity index (χ2n) is 7.73. The van der Waals surface area contributed by atoms with Crippen molar-refractivity contribution in [2.75, 3.05) is 6.54 Å². The van der Waals surface area contributed by atoms with E-state index >= 15 is 0 Å². The van der Waals surface area contributed by atoms with Gasteiger partial charge >= 0.3 is 0 Å². The van der Waals surface area contributed by atoms with Crippen molar-refractivity contribution in [3.05, 3.63) is 46.8 Å². The van der Waals surface area contributed by atoms with E-state index in [9.17, 15) is 4.79 Å². The molecule has 0 saturated heterocycles. The first-order valence-corrected chi connectivity index (χ1v) is 9.86. The Bertz CT molecular complexity index is 799. The molecule has 1 fully saturated rings. The maximum atomic E-state index is 13.0. The zero-order valence-corrected chi connectivity index (χ0v) is 16.7. The van der Waals surface area contributed by atoms with Crippen LogP contribution in [0.1, 0.15) is 59.4 Å². The summed E-state index contributed by atoms with van der Waals surface area (Å²) in [6, 6.07) is 8.55. The lowest BCUT2D eigenvalue weighted by Crippen LogP contribution is -2.40. The zero-order chi connectivity index (χ0) is 18.1. The summed E-state index contributed by atoms with van der Waals surface area (Å²) in [5, 5.41) is 7.98. The number of rotatable bonds is 4. The summed E-state index contributed by atoms with van der Waals surface area (Å²) in [7, 11) is 0. The van der Waals surface area contributed by atoms with Crippen LogP contribution < -0.4 is 11.1 Å². The third kappa shape index (κ3) is 3.90. The van der Waals surface area contributed by atoms with Crippen LogP contribution in [0.3, 0.4) is 0 Å². The lowest BCUT2D eigenvalue weighted by molar-refractivity contribution is 0.0922. The smallest absolute Gasteiger partial charge is 0.272 e. The molecule has 0 spiro atoms. The van der Waals surface area contributed by atoms with Gasteiger partial charge in [0.15, 0.2) is 5.69 Å². The van der Waals surface area contributed by atoms with Crippen molar-refractivity contribution in [1.29, 1.82) is 0 Å². The molecule has 1 saturated carbocycles. The Morgan fingerprint density at radius 1 is 1.19 bits per heavy atom. The Balaban J connectivity index is 0.00000210.